The average Bonchev–Trinajstić information content (AvgIpc) is 2.86. The Hall–Kier alpha value is -2.30. The van der Waals surface area contributed by atoms with Gasteiger partial charge in [-0.05, 0) is 25.0 Å². The molecule has 1 aromatic heterocycles. The molecule has 22 heavy (non-hydrogen) atoms. The van der Waals surface area contributed by atoms with Crippen molar-refractivity contribution >= 4 is 22.8 Å². The molecule has 0 N–H and O–H groups in total. The van der Waals surface area contributed by atoms with E-state index in [1.54, 1.807) is 27.4 Å². The van der Waals surface area contributed by atoms with Crippen LogP contribution in [-0.4, -0.2) is 49.3 Å². The molecule has 1 aromatic carbocycles. The predicted molar refractivity (Wildman–Crippen MR) is 85.7 cm³/mol. The van der Waals surface area contributed by atoms with E-state index < -0.39 is 0 Å². The minimum atomic E-state index is -0.101. The summed E-state index contributed by atoms with van der Waals surface area (Å²) in [5.41, 5.74) is 3.93. The van der Waals surface area contributed by atoms with Crippen LogP contribution >= 0.6 is 0 Å². The summed E-state index contributed by atoms with van der Waals surface area (Å²) in [5, 5.41) is 0.962. The summed E-state index contributed by atoms with van der Waals surface area (Å²) in [5.74, 6) is -0.199. The summed E-state index contributed by atoms with van der Waals surface area (Å²) >= 11 is 0. The van der Waals surface area contributed by atoms with E-state index in [-0.39, 0.29) is 24.8 Å². The minimum absolute atomic E-state index is 0.0831. The van der Waals surface area contributed by atoms with E-state index in [9.17, 15) is 9.59 Å². The largest absolute Gasteiger partial charge is 0.464 e. The van der Waals surface area contributed by atoms with Crippen LogP contribution < -0.4 is 0 Å². The Balaban J connectivity index is 2.15. The maximum Gasteiger partial charge on any atom is 0.241 e. The zero-order chi connectivity index (χ0) is 16.4. The summed E-state index contributed by atoms with van der Waals surface area (Å²) in [6.07, 6.45) is 1.86. The van der Waals surface area contributed by atoms with Gasteiger partial charge in [-0.3, -0.25) is 9.59 Å². The number of nitrogens with zero attached hydrogens (tertiary/aromatic N) is 2. The zero-order valence-corrected chi connectivity index (χ0v) is 13.8. The first-order chi connectivity index (χ1) is 10.3. The van der Waals surface area contributed by atoms with Crippen molar-refractivity contribution in [3.05, 3.63) is 35.1 Å². The highest BCUT2D eigenvalue weighted by Gasteiger charge is 2.17. The van der Waals surface area contributed by atoms with Crippen LogP contribution in [0.5, 0.6) is 0 Å². The Kier molecular flexibility index (Phi) is 4.54. The van der Waals surface area contributed by atoms with Crippen molar-refractivity contribution in [2.45, 2.75) is 20.3 Å². The molecule has 5 heteroatoms. The van der Waals surface area contributed by atoms with Crippen LogP contribution in [0.4, 0.5) is 0 Å². The lowest BCUT2D eigenvalue weighted by atomic mass is 10.0. The van der Waals surface area contributed by atoms with E-state index in [2.05, 4.69) is 0 Å². The monoisotopic (exact) mass is 302 g/mol. The highest BCUT2D eigenvalue weighted by atomic mass is 16.3. The number of benzene rings is 1. The molecular formula is C17H22N2O3. The number of aryl methyl sites for hydroxylation is 2. The fourth-order valence-corrected chi connectivity index (χ4v) is 2.26. The SMILES string of the molecule is Cc1ccc2c(CC(=O)N(C)CC(=O)N(C)C)coc2c1C. The number of furan rings is 1. The molecule has 0 unspecified atom stereocenters. The summed E-state index contributed by atoms with van der Waals surface area (Å²) in [6.45, 7) is 4.12. The highest BCUT2D eigenvalue weighted by Crippen LogP contribution is 2.26. The lowest BCUT2D eigenvalue weighted by Gasteiger charge is -2.19. The molecule has 0 aliphatic carbocycles. The molecule has 5 nitrogen and oxygen atoms in total. The molecule has 0 radical (unpaired) electrons. The first-order valence-corrected chi connectivity index (χ1v) is 7.21. The summed E-state index contributed by atoms with van der Waals surface area (Å²) < 4.78 is 5.61. The molecule has 0 aliphatic rings. The van der Waals surface area contributed by atoms with Crippen LogP contribution in [0, 0.1) is 13.8 Å². The van der Waals surface area contributed by atoms with Crippen molar-refractivity contribution in [3.63, 3.8) is 0 Å². The van der Waals surface area contributed by atoms with Gasteiger partial charge >= 0.3 is 0 Å². The van der Waals surface area contributed by atoms with Gasteiger partial charge in [0.1, 0.15) is 5.58 Å². The number of carbonyl (C=O) groups is 2. The Labute approximate surface area is 130 Å². The van der Waals surface area contributed by atoms with E-state index in [0.29, 0.717) is 0 Å². The molecule has 2 amide bonds. The molecule has 0 saturated carbocycles. The summed E-state index contributed by atoms with van der Waals surface area (Å²) in [7, 11) is 4.99. The van der Waals surface area contributed by atoms with Gasteiger partial charge in [-0.15, -0.1) is 0 Å². The van der Waals surface area contributed by atoms with Crippen molar-refractivity contribution in [1.82, 2.24) is 9.80 Å². The van der Waals surface area contributed by atoms with Gasteiger partial charge in [0.05, 0.1) is 19.2 Å². The summed E-state index contributed by atoms with van der Waals surface area (Å²) in [6, 6.07) is 4.01. The third-order valence-corrected chi connectivity index (χ3v) is 3.98. The van der Waals surface area contributed by atoms with Gasteiger partial charge in [0, 0.05) is 32.1 Å². The predicted octanol–water partition coefficient (Wildman–Crippen LogP) is 2.14. The van der Waals surface area contributed by atoms with Gasteiger partial charge in [0.2, 0.25) is 11.8 Å². The number of hydrogen-bond donors (Lipinski definition) is 0. The highest BCUT2D eigenvalue weighted by molar-refractivity contribution is 5.91. The number of fused-ring (bicyclic) bond motifs is 1. The van der Waals surface area contributed by atoms with Crippen molar-refractivity contribution in [3.8, 4) is 0 Å². The smallest absolute Gasteiger partial charge is 0.241 e. The van der Waals surface area contributed by atoms with Gasteiger partial charge in [-0.1, -0.05) is 12.1 Å². The number of hydrogen-bond acceptors (Lipinski definition) is 3. The van der Waals surface area contributed by atoms with E-state index in [0.717, 1.165) is 27.7 Å². The van der Waals surface area contributed by atoms with Crippen LogP contribution in [0.1, 0.15) is 16.7 Å². The minimum Gasteiger partial charge on any atom is -0.464 e. The fraction of sp³-hybridized carbons (Fsp3) is 0.412. The quantitative estimate of drug-likeness (QED) is 0.869. The molecule has 0 fully saturated rings. The van der Waals surface area contributed by atoms with Crippen molar-refractivity contribution in [1.29, 1.82) is 0 Å². The molecule has 118 valence electrons. The van der Waals surface area contributed by atoms with Crippen molar-refractivity contribution in [2.75, 3.05) is 27.7 Å². The molecule has 0 saturated heterocycles. The molecule has 0 bridgehead atoms. The van der Waals surface area contributed by atoms with Crippen LogP contribution in [0.2, 0.25) is 0 Å². The van der Waals surface area contributed by atoms with Gasteiger partial charge in [-0.25, -0.2) is 0 Å². The second-order valence-electron chi connectivity index (χ2n) is 5.86. The molecular weight excluding hydrogens is 280 g/mol. The van der Waals surface area contributed by atoms with Crippen molar-refractivity contribution < 1.29 is 14.0 Å². The summed E-state index contributed by atoms with van der Waals surface area (Å²) in [4.78, 5) is 26.9. The number of likely N-dealkylation sites (N-methyl/N-ethyl adjacent to an activating group) is 2. The topological polar surface area (TPSA) is 53.8 Å². The van der Waals surface area contributed by atoms with Crippen LogP contribution in [0.3, 0.4) is 0 Å². The average molecular weight is 302 g/mol. The Morgan fingerprint density at radius 3 is 2.41 bits per heavy atom. The van der Waals surface area contributed by atoms with Crippen LogP contribution in [-0.2, 0) is 16.0 Å². The molecule has 1 heterocycles. The standard InChI is InChI=1S/C17H22N2O3/c1-11-6-7-14-13(10-22-17(14)12(11)2)8-15(20)19(5)9-16(21)18(3)4/h6-7,10H,8-9H2,1-5H3. The van der Waals surface area contributed by atoms with Gasteiger partial charge in [-0.2, -0.15) is 0 Å². The van der Waals surface area contributed by atoms with E-state index in [4.69, 9.17) is 4.42 Å². The van der Waals surface area contributed by atoms with E-state index >= 15 is 0 Å². The van der Waals surface area contributed by atoms with Gasteiger partial charge in [0.25, 0.3) is 0 Å². The fourth-order valence-electron chi connectivity index (χ4n) is 2.26. The van der Waals surface area contributed by atoms with Gasteiger partial charge in [0.15, 0.2) is 0 Å². The lowest BCUT2D eigenvalue weighted by Crippen LogP contribution is -2.38. The zero-order valence-electron chi connectivity index (χ0n) is 13.8. The maximum atomic E-state index is 12.3. The van der Waals surface area contributed by atoms with Crippen LogP contribution in [0.15, 0.2) is 22.8 Å². The lowest BCUT2D eigenvalue weighted by molar-refractivity contribution is -0.137. The molecule has 2 aromatic rings. The first kappa shape index (κ1) is 16.1. The molecule has 0 atom stereocenters. The second-order valence-corrected chi connectivity index (χ2v) is 5.86. The second kappa shape index (κ2) is 6.22. The van der Waals surface area contributed by atoms with E-state index in [1.165, 1.54) is 9.80 Å². The van der Waals surface area contributed by atoms with E-state index in [1.807, 2.05) is 26.0 Å². The normalized spacial score (nSPS) is 10.8. The number of carbonyl (C=O) groups excluding carboxylic acids is 2. The van der Waals surface area contributed by atoms with Gasteiger partial charge < -0.3 is 14.2 Å². The number of rotatable bonds is 4. The van der Waals surface area contributed by atoms with Crippen molar-refractivity contribution in [2.24, 2.45) is 0 Å². The number of amides is 2. The Morgan fingerprint density at radius 1 is 1.09 bits per heavy atom. The van der Waals surface area contributed by atoms with Crippen LogP contribution in [0.25, 0.3) is 11.0 Å². The third kappa shape index (κ3) is 3.13. The first-order valence-electron chi connectivity index (χ1n) is 7.21. The maximum absolute atomic E-state index is 12.3. The molecule has 0 aliphatic heterocycles. The Bertz CT molecular complexity index is 716. The molecule has 2 rings (SSSR count). The molecule has 0 spiro atoms. The Morgan fingerprint density at radius 2 is 1.77 bits per heavy atom. The third-order valence-electron chi connectivity index (χ3n) is 3.98.